The molecule has 7 heteroatoms. The summed E-state index contributed by atoms with van der Waals surface area (Å²) in [5.74, 6) is 0.0113. The van der Waals surface area contributed by atoms with Crippen molar-refractivity contribution in [2.24, 2.45) is 0 Å². The first kappa shape index (κ1) is 20.7. The van der Waals surface area contributed by atoms with E-state index in [-0.39, 0.29) is 30.1 Å². The molecule has 0 aliphatic rings. The second-order valence-corrected chi connectivity index (χ2v) is 6.88. The van der Waals surface area contributed by atoms with E-state index < -0.39 is 0 Å². The molecule has 0 fully saturated rings. The first-order valence-electron chi connectivity index (χ1n) is 9.41. The van der Waals surface area contributed by atoms with Crippen molar-refractivity contribution in [2.45, 2.75) is 32.9 Å². The van der Waals surface area contributed by atoms with Gasteiger partial charge in [0.25, 0.3) is 0 Å². The van der Waals surface area contributed by atoms with Crippen LogP contribution in [-0.2, 0) is 11.3 Å². The topological polar surface area (TPSA) is 58.4 Å². The molecule has 0 saturated heterocycles. The van der Waals surface area contributed by atoms with Crippen LogP contribution in [0.25, 0.3) is 0 Å². The number of aromatic nitrogens is 1. The zero-order chi connectivity index (χ0) is 20.8. The van der Waals surface area contributed by atoms with E-state index in [9.17, 15) is 13.6 Å². The molecule has 3 rings (SSSR count). The molecular weight excluding hydrogens is 376 g/mol. The molecule has 1 N–H and O–H groups in total. The van der Waals surface area contributed by atoms with Crippen LogP contribution in [0.15, 0.2) is 59.1 Å². The predicted octanol–water partition coefficient (Wildman–Crippen LogP) is 4.85. The Hall–Kier alpha value is -3.06. The molecule has 1 atom stereocenters. The third kappa shape index (κ3) is 5.71. The number of hydrogen-bond acceptors (Lipinski definition) is 4. The minimum absolute atomic E-state index is 0.0539. The second-order valence-electron chi connectivity index (χ2n) is 6.88. The van der Waals surface area contributed by atoms with Gasteiger partial charge in [-0.2, -0.15) is 0 Å². The van der Waals surface area contributed by atoms with E-state index >= 15 is 0 Å². The van der Waals surface area contributed by atoms with Gasteiger partial charge in [-0.3, -0.25) is 9.69 Å². The number of hydrogen-bond donors (Lipinski definition) is 1. The van der Waals surface area contributed by atoms with Crippen LogP contribution in [0.4, 0.5) is 14.6 Å². The van der Waals surface area contributed by atoms with Crippen molar-refractivity contribution < 1.29 is 18.1 Å². The van der Waals surface area contributed by atoms with Crippen molar-refractivity contribution in [1.29, 1.82) is 0 Å². The summed E-state index contributed by atoms with van der Waals surface area (Å²) < 4.78 is 32.0. The molecule has 0 aliphatic heterocycles. The van der Waals surface area contributed by atoms with E-state index in [0.717, 1.165) is 11.1 Å². The third-order valence-electron chi connectivity index (χ3n) is 4.60. The van der Waals surface area contributed by atoms with Gasteiger partial charge in [0.2, 0.25) is 5.91 Å². The Bertz CT molecular complexity index is 957. The van der Waals surface area contributed by atoms with Crippen LogP contribution in [0.3, 0.4) is 0 Å². The van der Waals surface area contributed by atoms with Gasteiger partial charge in [0, 0.05) is 18.7 Å². The number of nitrogens with zero attached hydrogens (tertiary/aromatic N) is 2. The lowest BCUT2D eigenvalue weighted by Gasteiger charge is -2.31. The van der Waals surface area contributed by atoms with Crippen LogP contribution in [0.1, 0.15) is 36.3 Å². The number of anilines is 1. The second kappa shape index (κ2) is 9.43. The number of amides is 1. The molecule has 1 heterocycles. The number of rotatable bonds is 8. The van der Waals surface area contributed by atoms with Crippen LogP contribution < -0.4 is 5.32 Å². The summed E-state index contributed by atoms with van der Waals surface area (Å²) in [6, 6.07) is 14.0. The Morgan fingerprint density at radius 2 is 1.90 bits per heavy atom. The average Bonchev–Trinajstić information content (AvgIpc) is 3.08. The van der Waals surface area contributed by atoms with Crippen LogP contribution in [0, 0.1) is 18.6 Å². The fourth-order valence-corrected chi connectivity index (χ4v) is 3.33. The minimum Gasteiger partial charge on any atom is -0.360 e. The van der Waals surface area contributed by atoms with Crippen LogP contribution >= 0.6 is 0 Å². The Balaban J connectivity index is 1.83. The summed E-state index contributed by atoms with van der Waals surface area (Å²) in [6.45, 7) is 4.14. The smallest absolute Gasteiger partial charge is 0.239 e. The monoisotopic (exact) mass is 399 g/mol. The van der Waals surface area contributed by atoms with E-state index in [1.165, 1.54) is 24.3 Å². The summed E-state index contributed by atoms with van der Waals surface area (Å²) in [5, 5.41) is 6.49. The number of carbonyl (C=O) groups excluding carboxylic acids is 1. The highest BCUT2D eigenvalue weighted by molar-refractivity contribution is 5.91. The summed E-state index contributed by atoms with van der Waals surface area (Å²) in [6.07, 6.45) is 0.692. The number of halogens is 2. The van der Waals surface area contributed by atoms with E-state index in [4.69, 9.17) is 4.52 Å². The Morgan fingerprint density at radius 1 is 1.14 bits per heavy atom. The van der Waals surface area contributed by atoms with E-state index in [1.54, 1.807) is 31.2 Å². The lowest BCUT2D eigenvalue weighted by Crippen LogP contribution is -2.36. The molecule has 152 valence electrons. The summed E-state index contributed by atoms with van der Waals surface area (Å²) in [4.78, 5) is 14.6. The lowest BCUT2D eigenvalue weighted by atomic mass is 10.0. The number of carbonyl (C=O) groups is 1. The first-order valence-corrected chi connectivity index (χ1v) is 9.41. The van der Waals surface area contributed by atoms with Gasteiger partial charge in [0.1, 0.15) is 17.4 Å². The maximum atomic E-state index is 13.7. The van der Waals surface area contributed by atoms with Gasteiger partial charge >= 0.3 is 0 Å². The Morgan fingerprint density at radius 3 is 2.52 bits per heavy atom. The molecule has 0 bridgehead atoms. The number of nitrogens with one attached hydrogen (secondary N) is 1. The zero-order valence-electron chi connectivity index (χ0n) is 16.4. The van der Waals surface area contributed by atoms with Gasteiger partial charge in [-0.15, -0.1) is 0 Å². The standard InChI is InChI=1S/C22H23F2N3O2/c1-3-20(17-7-9-18(23)10-8-17)27(13-16-5-4-6-19(24)12-16)14-22(28)25-21-11-15(2)29-26-21/h4-12,20H,3,13-14H2,1-2H3,(H,25,26,28). The first-order chi connectivity index (χ1) is 13.9. The SMILES string of the molecule is CCC(c1ccc(F)cc1)N(CC(=O)Nc1cc(C)on1)Cc1cccc(F)c1. The highest BCUT2D eigenvalue weighted by atomic mass is 19.1. The normalized spacial score (nSPS) is 12.2. The van der Waals surface area contributed by atoms with Gasteiger partial charge < -0.3 is 9.84 Å². The molecule has 5 nitrogen and oxygen atoms in total. The maximum Gasteiger partial charge on any atom is 0.239 e. The van der Waals surface area contributed by atoms with Crippen LogP contribution in [0.2, 0.25) is 0 Å². The van der Waals surface area contributed by atoms with Crippen molar-refractivity contribution in [3.63, 3.8) is 0 Å². The van der Waals surface area contributed by atoms with Gasteiger partial charge in [-0.25, -0.2) is 8.78 Å². The third-order valence-corrected chi connectivity index (χ3v) is 4.60. The van der Waals surface area contributed by atoms with Crippen molar-refractivity contribution in [3.8, 4) is 0 Å². The number of aryl methyl sites for hydroxylation is 1. The molecule has 0 saturated carbocycles. The fraction of sp³-hybridized carbons (Fsp3) is 0.273. The van der Waals surface area contributed by atoms with E-state index in [1.807, 2.05) is 17.9 Å². The van der Waals surface area contributed by atoms with Gasteiger partial charge in [-0.05, 0) is 48.7 Å². The minimum atomic E-state index is -0.334. The maximum absolute atomic E-state index is 13.7. The summed E-state index contributed by atoms with van der Waals surface area (Å²) in [5.41, 5.74) is 1.63. The van der Waals surface area contributed by atoms with E-state index in [2.05, 4.69) is 10.5 Å². The molecule has 2 aromatic carbocycles. The molecule has 3 aromatic rings. The molecule has 29 heavy (non-hydrogen) atoms. The predicted molar refractivity (Wildman–Crippen MR) is 106 cm³/mol. The molecule has 0 aliphatic carbocycles. The molecule has 0 radical (unpaired) electrons. The van der Waals surface area contributed by atoms with Gasteiger partial charge in [0.15, 0.2) is 5.82 Å². The zero-order valence-corrected chi connectivity index (χ0v) is 16.4. The van der Waals surface area contributed by atoms with Crippen molar-refractivity contribution in [3.05, 3.63) is 83.1 Å². The molecular formula is C22H23F2N3O2. The van der Waals surface area contributed by atoms with Crippen molar-refractivity contribution >= 4 is 11.7 Å². The highest BCUT2D eigenvalue weighted by Gasteiger charge is 2.22. The average molecular weight is 399 g/mol. The van der Waals surface area contributed by atoms with Crippen LogP contribution in [-0.4, -0.2) is 22.5 Å². The van der Waals surface area contributed by atoms with Crippen molar-refractivity contribution in [1.82, 2.24) is 10.1 Å². The lowest BCUT2D eigenvalue weighted by molar-refractivity contribution is -0.118. The number of benzene rings is 2. The quantitative estimate of drug-likeness (QED) is 0.588. The Kier molecular flexibility index (Phi) is 6.72. The molecule has 1 unspecified atom stereocenters. The largest absolute Gasteiger partial charge is 0.360 e. The summed E-state index contributed by atoms with van der Waals surface area (Å²) >= 11 is 0. The molecule has 0 spiro atoms. The van der Waals surface area contributed by atoms with Gasteiger partial charge in [-0.1, -0.05) is 36.3 Å². The Labute approximate surface area is 168 Å². The highest BCUT2D eigenvalue weighted by Crippen LogP contribution is 2.26. The molecule has 1 aromatic heterocycles. The van der Waals surface area contributed by atoms with Crippen LogP contribution in [0.5, 0.6) is 0 Å². The molecule has 1 amide bonds. The summed E-state index contributed by atoms with van der Waals surface area (Å²) in [7, 11) is 0. The van der Waals surface area contributed by atoms with Crippen molar-refractivity contribution in [2.75, 3.05) is 11.9 Å². The van der Waals surface area contributed by atoms with Gasteiger partial charge in [0.05, 0.1) is 6.54 Å². The van der Waals surface area contributed by atoms with E-state index in [0.29, 0.717) is 24.5 Å². The fourth-order valence-electron chi connectivity index (χ4n) is 3.33.